The first kappa shape index (κ1) is 14.8. The van der Waals surface area contributed by atoms with E-state index in [2.05, 4.69) is 20.4 Å². The van der Waals surface area contributed by atoms with E-state index in [0.29, 0.717) is 11.2 Å². The molecule has 0 aliphatic rings. The Hall–Kier alpha value is -3.74. The molecule has 7 nitrogen and oxygen atoms in total. The molecule has 0 saturated carbocycles. The number of nitrogens with one attached hydrogen (secondary N) is 1. The van der Waals surface area contributed by atoms with Crippen LogP contribution in [-0.2, 0) is 0 Å². The van der Waals surface area contributed by atoms with Gasteiger partial charge in [0.25, 0.3) is 5.91 Å². The number of amides is 1. The molecule has 0 radical (unpaired) electrons. The van der Waals surface area contributed by atoms with Gasteiger partial charge in [-0.15, -0.1) is 0 Å². The van der Waals surface area contributed by atoms with E-state index in [1.165, 1.54) is 18.5 Å². The highest BCUT2D eigenvalue weighted by atomic mass is 16.3. The molecule has 0 atom stereocenters. The van der Waals surface area contributed by atoms with E-state index >= 15 is 0 Å². The van der Waals surface area contributed by atoms with Crippen molar-refractivity contribution in [1.29, 1.82) is 0 Å². The standard InChI is InChI=1S/C18H13N5O2/c24-15-7-4-9-19-16(15)22-18(25)13-11-21-23-14(8-10-20-17(13)23)12-5-2-1-3-6-12/h1-11,24H,(H,19,22,25). The summed E-state index contributed by atoms with van der Waals surface area (Å²) in [5, 5.41) is 16.6. The van der Waals surface area contributed by atoms with Gasteiger partial charge < -0.3 is 10.4 Å². The van der Waals surface area contributed by atoms with Gasteiger partial charge in [0.2, 0.25) is 0 Å². The van der Waals surface area contributed by atoms with Crippen LogP contribution in [0.3, 0.4) is 0 Å². The molecule has 0 aliphatic heterocycles. The van der Waals surface area contributed by atoms with E-state index in [9.17, 15) is 9.90 Å². The van der Waals surface area contributed by atoms with Crippen molar-refractivity contribution in [2.75, 3.05) is 5.32 Å². The van der Waals surface area contributed by atoms with Crippen molar-refractivity contribution in [3.05, 3.63) is 72.7 Å². The molecule has 7 heteroatoms. The van der Waals surface area contributed by atoms with Crippen molar-refractivity contribution >= 4 is 17.4 Å². The molecule has 4 aromatic rings. The van der Waals surface area contributed by atoms with Crippen molar-refractivity contribution in [2.24, 2.45) is 0 Å². The molecule has 3 aromatic heterocycles. The number of nitrogens with zero attached hydrogens (tertiary/aromatic N) is 4. The van der Waals surface area contributed by atoms with Gasteiger partial charge in [-0.2, -0.15) is 5.10 Å². The van der Waals surface area contributed by atoms with Crippen molar-refractivity contribution < 1.29 is 9.90 Å². The largest absolute Gasteiger partial charge is 0.504 e. The maximum atomic E-state index is 12.5. The van der Waals surface area contributed by atoms with Gasteiger partial charge in [-0.3, -0.25) is 4.79 Å². The lowest BCUT2D eigenvalue weighted by atomic mass is 10.1. The first-order chi connectivity index (χ1) is 12.2. The van der Waals surface area contributed by atoms with Gasteiger partial charge in [-0.1, -0.05) is 30.3 Å². The Morgan fingerprint density at radius 1 is 1.00 bits per heavy atom. The topological polar surface area (TPSA) is 92.4 Å². The van der Waals surface area contributed by atoms with Crippen molar-refractivity contribution in [3.63, 3.8) is 0 Å². The van der Waals surface area contributed by atoms with E-state index in [1.807, 2.05) is 36.4 Å². The molecule has 1 aromatic carbocycles. The third-order valence-electron chi connectivity index (χ3n) is 3.73. The van der Waals surface area contributed by atoms with Gasteiger partial charge in [0.05, 0.1) is 11.9 Å². The lowest BCUT2D eigenvalue weighted by Crippen LogP contribution is -2.13. The van der Waals surface area contributed by atoms with Gasteiger partial charge in [0, 0.05) is 18.0 Å². The fourth-order valence-corrected chi connectivity index (χ4v) is 2.55. The van der Waals surface area contributed by atoms with Crippen LogP contribution in [0, 0.1) is 0 Å². The summed E-state index contributed by atoms with van der Waals surface area (Å²) < 4.78 is 1.61. The number of rotatable bonds is 3. The average Bonchev–Trinajstić information content (AvgIpc) is 3.08. The van der Waals surface area contributed by atoms with Crippen LogP contribution in [0.25, 0.3) is 16.9 Å². The predicted molar refractivity (Wildman–Crippen MR) is 92.3 cm³/mol. The molecule has 3 heterocycles. The zero-order chi connectivity index (χ0) is 17.2. The molecule has 0 unspecified atom stereocenters. The number of fused-ring (bicyclic) bond motifs is 1. The molecule has 0 fully saturated rings. The second-order valence-electron chi connectivity index (χ2n) is 5.32. The molecule has 0 spiro atoms. The Morgan fingerprint density at radius 3 is 2.64 bits per heavy atom. The third-order valence-corrected chi connectivity index (χ3v) is 3.73. The van der Waals surface area contributed by atoms with E-state index < -0.39 is 5.91 Å². The number of carbonyl (C=O) groups is 1. The Kier molecular flexibility index (Phi) is 3.59. The maximum absolute atomic E-state index is 12.5. The number of benzene rings is 1. The minimum absolute atomic E-state index is 0.0889. The molecular weight excluding hydrogens is 318 g/mol. The second-order valence-corrected chi connectivity index (χ2v) is 5.32. The number of aromatic nitrogens is 4. The van der Waals surface area contributed by atoms with Crippen molar-refractivity contribution in [3.8, 4) is 17.0 Å². The zero-order valence-electron chi connectivity index (χ0n) is 13.0. The Balaban J connectivity index is 1.75. The number of pyridine rings is 1. The lowest BCUT2D eigenvalue weighted by molar-refractivity contribution is 0.102. The molecule has 0 saturated heterocycles. The number of aromatic hydroxyl groups is 1. The zero-order valence-corrected chi connectivity index (χ0v) is 13.0. The summed E-state index contributed by atoms with van der Waals surface area (Å²) in [6.07, 6.45) is 4.57. The number of carbonyl (C=O) groups excluding carboxylic acids is 1. The predicted octanol–water partition coefficient (Wildman–Crippen LogP) is 2.75. The van der Waals surface area contributed by atoms with E-state index in [-0.39, 0.29) is 11.6 Å². The number of hydrogen-bond donors (Lipinski definition) is 2. The van der Waals surface area contributed by atoms with Crippen LogP contribution in [0.4, 0.5) is 5.82 Å². The third kappa shape index (κ3) is 2.67. The van der Waals surface area contributed by atoms with Gasteiger partial charge in [-0.25, -0.2) is 14.5 Å². The fraction of sp³-hybridized carbons (Fsp3) is 0. The van der Waals surface area contributed by atoms with E-state index in [1.54, 1.807) is 16.8 Å². The first-order valence-electron chi connectivity index (χ1n) is 7.57. The van der Waals surface area contributed by atoms with Crippen LogP contribution in [0.1, 0.15) is 10.4 Å². The lowest BCUT2D eigenvalue weighted by Gasteiger charge is -2.06. The minimum Gasteiger partial charge on any atom is -0.504 e. The van der Waals surface area contributed by atoms with Gasteiger partial charge in [0.1, 0.15) is 5.56 Å². The summed E-state index contributed by atoms with van der Waals surface area (Å²) in [7, 11) is 0. The van der Waals surface area contributed by atoms with Crippen LogP contribution in [0.2, 0.25) is 0 Å². The Morgan fingerprint density at radius 2 is 1.84 bits per heavy atom. The van der Waals surface area contributed by atoms with Crippen LogP contribution in [-0.4, -0.2) is 30.6 Å². The summed E-state index contributed by atoms with van der Waals surface area (Å²) in [6.45, 7) is 0. The molecule has 122 valence electrons. The number of hydrogen-bond acceptors (Lipinski definition) is 5. The average molecular weight is 331 g/mol. The molecule has 0 aliphatic carbocycles. The summed E-state index contributed by atoms with van der Waals surface area (Å²) in [5.41, 5.74) is 2.51. The highest BCUT2D eigenvalue weighted by Gasteiger charge is 2.17. The fourth-order valence-electron chi connectivity index (χ4n) is 2.55. The van der Waals surface area contributed by atoms with Gasteiger partial charge >= 0.3 is 0 Å². The van der Waals surface area contributed by atoms with Crippen LogP contribution in [0.15, 0.2) is 67.1 Å². The molecule has 1 amide bonds. The van der Waals surface area contributed by atoms with E-state index in [0.717, 1.165) is 11.3 Å². The molecular formula is C18H13N5O2. The molecule has 2 N–H and O–H groups in total. The smallest absolute Gasteiger partial charge is 0.262 e. The summed E-state index contributed by atoms with van der Waals surface area (Å²) >= 11 is 0. The van der Waals surface area contributed by atoms with E-state index in [4.69, 9.17) is 0 Å². The van der Waals surface area contributed by atoms with Crippen LogP contribution < -0.4 is 5.32 Å². The second kappa shape index (κ2) is 6.04. The first-order valence-corrected chi connectivity index (χ1v) is 7.57. The molecule has 25 heavy (non-hydrogen) atoms. The monoisotopic (exact) mass is 331 g/mol. The SMILES string of the molecule is O=C(Nc1ncccc1O)c1cnn2c(-c3ccccc3)ccnc12. The summed E-state index contributed by atoms with van der Waals surface area (Å²) in [4.78, 5) is 20.7. The molecule has 4 rings (SSSR count). The van der Waals surface area contributed by atoms with Gasteiger partial charge in [0.15, 0.2) is 17.2 Å². The maximum Gasteiger partial charge on any atom is 0.262 e. The quantitative estimate of drug-likeness (QED) is 0.602. The Bertz CT molecular complexity index is 1060. The van der Waals surface area contributed by atoms with Crippen LogP contribution >= 0.6 is 0 Å². The summed E-state index contributed by atoms with van der Waals surface area (Å²) in [5.74, 6) is -0.460. The highest BCUT2D eigenvalue weighted by molar-refractivity contribution is 6.08. The van der Waals surface area contributed by atoms with Crippen molar-refractivity contribution in [1.82, 2.24) is 19.6 Å². The molecule has 0 bridgehead atoms. The summed E-state index contributed by atoms with van der Waals surface area (Å²) in [6, 6.07) is 14.6. The normalized spacial score (nSPS) is 10.7. The minimum atomic E-state index is -0.443. The van der Waals surface area contributed by atoms with Gasteiger partial charge in [-0.05, 0) is 18.2 Å². The Labute approximate surface area is 142 Å². The van der Waals surface area contributed by atoms with Crippen LogP contribution in [0.5, 0.6) is 5.75 Å². The highest BCUT2D eigenvalue weighted by Crippen LogP contribution is 2.22. The number of anilines is 1. The van der Waals surface area contributed by atoms with Crippen molar-refractivity contribution in [2.45, 2.75) is 0 Å².